The lowest BCUT2D eigenvalue weighted by Crippen LogP contribution is -2.12. The first-order chi connectivity index (χ1) is 14.9. The molecule has 0 amide bonds. The highest BCUT2D eigenvalue weighted by Crippen LogP contribution is 2.25. The molecule has 4 aromatic rings. The van der Waals surface area contributed by atoms with Gasteiger partial charge >= 0.3 is 0 Å². The van der Waals surface area contributed by atoms with Gasteiger partial charge in [0, 0.05) is 23.6 Å². The molecular formula is C24H25N3O3S. The number of anilines is 1. The van der Waals surface area contributed by atoms with Crippen LogP contribution < -0.4 is 9.46 Å². The fourth-order valence-electron chi connectivity index (χ4n) is 3.23. The highest BCUT2D eigenvalue weighted by molar-refractivity contribution is 7.92. The molecule has 0 saturated carbocycles. The van der Waals surface area contributed by atoms with Gasteiger partial charge in [-0.3, -0.25) is 4.72 Å². The maximum absolute atomic E-state index is 12.8. The number of pyridine rings is 1. The third kappa shape index (κ3) is 4.88. The zero-order valence-corrected chi connectivity index (χ0v) is 18.4. The number of nitrogens with one attached hydrogen (secondary N) is 1. The van der Waals surface area contributed by atoms with Crippen LogP contribution in [0.25, 0.3) is 16.9 Å². The molecule has 0 atom stereocenters. The molecule has 0 aliphatic heterocycles. The summed E-state index contributed by atoms with van der Waals surface area (Å²) in [6.45, 7) is 4.74. The van der Waals surface area contributed by atoms with E-state index in [9.17, 15) is 8.42 Å². The molecule has 0 saturated heterocycles. The summed E-state index contributed by atoms with van der Waals surface area (Å²) < 4.78 is 35.9. The predicted molar refractivity (Wildman–Crippen MR) is 123 cm³/mol. The van der Waals surface area contributed by atoms with Gasteiger partial charge in [0.05, 0.1) is 17.2 Å². The van der Waals surface area contributed by atoms with Crippen LogP contribution in [0.2, 0.25) is 0 Å². The van der Waals surface area contributed by atoms with Crippen molar-refractivity contribution >= 4 is 21.4 Å². The second kappa shape index (κ2) is 8.81. The van der Waals surface area contributed by atoms with Crippen LogP contribution in [0, 0.1) is 6.92 Å². The number of aromatic nitrogens is 2. The van der Waals surface area contributed by atoms with E-state index in [1.807, 2.05) is 48.0 Å². The molecule has 1 N–H and O–H groups in total. The van der Waals surface area contributed by atoms with E-state index < -0.39 is 10.0 Å². The summed E-state index contributed by atoms with van der Waals surface area (Å²) in [4.78, 5) is 4.84. The molecule has 6 nitrogen and oxygen atoms in total. The second-order valence-electron chi connectivity index (χ2n) is 7.46. The summed E-state index contributed by atoms with van der Waals surface area (Å²) in [7, 11) is -3.72. The average molecular weight is 436 g/mol. The Morgan fingerprint density at radius 2 is 1.87 bits per heavy atom. The van der Waals surface area contributed by atoms with Gasteiger partial charge in [-0.15, -0.1) is 0 Å². The minimum atomic E-state index is -3.72. The van der Waals surface area contributed by atoms with Gasteiger partial charge in [-0.2, -0.15) is 0 Å². The topological polar surface area (TPSA) is 72.7 Å². The minimum Gasteiger partial charge on any atom is -0.494 e. The maximum atomic E-state index is 12.8. The summed E-state index contributed by atoms with van der Waals surface area (Å²) in [6, 6.07) is 17.7. The van der Waals surface area contributed by atoms with Crippen LogP contribution in [0.15, 0.2) is 78.0 Å². The molecule has 2 aromatic carbocycles. The zero-order chi connectivity index (χ0) is 21.8. The van der Waals surface area contributed by atoms with Gasteiger partial charge in [0.2, 0.25) is 0 Å². The molecule has 2 aromatic heterocycles. The summed E-state index contributed by atoms with van der Waals surface area (Å²) in [5.74, 6) is 0.663. The molecule has 0 radical (unpaired) electrons. The van der Waals surface area contributed by atoms with Crippen molar-refractivity contribution in [2.24, 2.45) is 0 Å². The summed E-state index contributed by atoms with van der Waals surface area (Å²) in [5.41, 5.74) is 4.07. The van der Waals surface area contributed by atoms with Crippen molar-refractivity contribution in [3.63, 3.8) is 0 Å². The molecule has 2 heterocycles. The number of ether oxygens (including phenoxy) is 1. The predicted octanol–water partition coefficient (Wildman–Crippen LogP) is 5.29. The number of aryl methyl sites for hydroxylation is 1. The molecular weight excluding hydrogens is 410 g/mol. The smallest absolute Gasteiger partial charge is 0.261 e. The van der Waals surface area contributed by atoms with Crippen molar-refractivity contribution in [1.82, 2.24) is 9.38 Å². The Morgan fingerprint density at radius 3 is 2.65 bits per heavy atom. The number of nitrogens with zero attached hydrogens (tertiary/aromatic N) is 2. The number of hydrogen-bond donors (Lipinski definition) is 1. The molecule has 0 unspecified atom stereocenters. The largest absolute Gasteiger partial charge is 0.494 e. The van der Waals surface area contributed by atoms with Crippen LogP contribution in [0.4, 0.5) is 5.69 Å². The van der Waals surface area contributed by atoms with E-state index in [1.54, 1.807) is 36.4 Å². The highest BCUT2D eigenvalue weighted by Gasteiger charge is 2.15. The molecule has 0 bridgehead atoms. The van der Waals surface area contributed by atoms with Crippen LogP contribution in [-0.2, 0) is 10.0 Å². The first-order valence-corrected chi connectivity index (χ1v) is 11.7. The molecule has 0 aliphatic rings. The van der Waals surface area contributed by atoms with Crippen molar-refractivity contribution in [3.05, 3.63) is 78.6 Å². The first kappa shape index (κ1) is 20.9. The Labute approximate surface area is 182 Å². The van der Waals surface area contributed by atoms with Gasteiger partial charge < -0.3 is 9.14 Å². The molecule has 0 spiro atoms. The van der Waals surface area contributed by atoms with E-state index in [0.717, 1.165) is 35.3 Å². The number of sulfonamides is 1. The van der Waals surface area contributed by atoms with Crippen LogP contribution in [0.3, 0.4) is 0 Å². The highest BCUT2D eigenvalue weighted by atomic mass is 32.2. The molecule has 0 fully saturated rings. The third-order valence-corrected chi connectivity index (χ3v) is 6.32. The van der Waals surface area contributed by atoms with Crippen molar-refractivity contribution in [1.29, 1.82) is 0 Å². The lowest BCUT2D eigenvalue weighted by molar-refractivity contribution is 0.309. The van der Waals surface area contributed by atoms with Crippen LogP contribution in [-0.4, -0.2) is 24.4 Å². The lowest BCUT2D eigenvalue weighted by Gasteiger charge is -2.10. The summed E-state index contributed by atoms with van der Waals surface area (Å²) >= 11 is 0. The van der Waals surface area contributed by atoms with E-state index in [1.165, 1.54) is 0 Å². The quantitative estimate of drug-likeness (QED) is 0.382. The number of benzene rings is 2. The Morgan fingerprint density at radius 1 is 1.06 bits per heavy atom. The molecule has 160 valence electrons. The molecule has 4 rings (SSSR count). The van der Waals surface area contributed by atoms with Crippen molar-refractivity contribution < 1.29 is 13.2 Å². The average Bonchev–Trinajstić information content (AvgIpc) is 3.17. The number of fused-ring (bicyclic) bond motifs is 1. The third-order valence-electron chi connectivity index (χ3n) is 4.93. The Balaban J connectivity index is 1.53. The summed E-state index contributed by atoms with van der Waals surface area (Å²) in [5, 5.41) is 0. The van der Waals surface area contributed by atoms with E-state index in [4.69, 9.17) is 4.74 Å². The molecule has 31 heavy (non-hydrogen) atoms. The molecule has 7 heteroatoms. The van der Waals surface area contributed by atoms with Gasteiger partial charge in [0.1, 0.15) is 11.4 Å². The second-order valence-corrected chi connectivity index (χ2v) is 9.14. The van der Waals surface area contributed by atoms with Gasteiger partial charge in [-0.1, -0.05) is 25.5 Å². The zero-order valence-electron chi connectivity index (χ0n) is 17.6. The number of imidazole rings is 1. The van der Waals surface area contributed by atoms with Gasteiger partial charge in [0.15, 0.2) is 0 Å². The molecule has 0 aliphatic carbocycles. The number of unbranched alkanes of at least 4 members (excludes halogenated alkanes) is 1. The fraction of sp³-hybridized carbons (Fsp3) is 0.208. The van der Waals surface area contributed by atoms with E-state index in [0.29, 0.717) is 18.0 Å². The van der Waals surface area contributed by atoms with Crippen molar-refractivity contribution in [2.75, 3.05) is 11.3 Å². The Hall–Kier alpha value is -3.32. The Kier molecular flexibility index (Phi) is 5.95. The standard InChI is InChI=1S/C24H25N3O3S/c1-3-4-14-30-21-8-10-22(11-9-21)31(28,29)26-20-7-5-6-19(16-20)23-17-27-13-12-18(2)15-24(27)25-23/h5-13,15-17,26H,3-4,14H2,1-2H3. The van der Waals surface area contributed by atoms with Crippen molar-refractivity contribution in [2.45, 2.75) is 31.6 Å². The van der Waals surface area contributed by atoms with E-state index >= 15 is 0 Å². The number of hydrogen-bond acceptors (Lipinski definition) is 4. The normalized spacial score (nSPS) is 11.5. The summed E-state index contributed by atoms with van der Waals surface area (Å²) in [6.07, 6.45) is 5.90. The minimum absolute atomic E-state index is 0.184. The van der Waals surface area contributed by atoms with E-state index in [2.05, 4.69) is 16.6 Å². The van der Waals surface area contributed by atoms with Gasteiger partial charge in [-0.05, 0) is 67.4 Å². The maximum Gasteiger partial charge on any atom is 0.261 e. The van der Waals surface area contributed by atoms with E-state index in [-0.39, 0.29) is 4.90 Å². The Bertz CT molecular complexity index is 1300. The SMILES string of the molecule is CCCCOc1ccc(S(=O)(=O)Nc2cccc(-c3cn4ccc(C)cc4n3)c2)cc1. The van der Waals surface area contributed by atoms with Gasteiger partial charge in [0.25, 0.3) is 10.0 Å². The van der Waals surface area contributed by atoms with Gasteiger partial charge in [-0.25, -0.2) is 13.4 Å². The lowest BCUT2D eigenvalue weighted by atomic mass is 10.1. The van der Waals surface area contributed by atoms with Crippen molar-refractivity contribution in [3.8, 4) is 17.0 Å². The number of rotatable bonds is 8. The van der Waals surface area contributed by atoms with Crippen LogP contribution >= 0.6 is 0 Å². The van der Waals surface area contributed by atoms with Crippen LogP contribution in [0.1, 0.15) is 25.3 Å². The fourth-order valence-corrected chi connectivity index (χ4v) is 4.28. The van der Waals surface area contributed by atoms with Crippen LogP contribution in [0.5, 0.6) is 5.75 Å². The first-order valence-electron chi connectivity index (χ1n) is 10.3. The monoisotopic (exact) mass is 435 g/mol.